The molecule has 1 aliphatic heterocycles. The summed E-state index contributed by atoms with van der Waals surface area (Å²) in [6.45, 7) is 0.867. The van der Waals surface area contributed by atoms with E-state index in [0.717, 1.165) is 19.3 Å². The molecule has 3 aromatic rings. The second-order valence-corrected chi connectivity index (χ2v) is 15.3. The van der Waals surface area contributed by atoms with Gasteiger partial charge in [-0.05, 0) is 61.4 Å². The van der Waals surface area contributed by atoms with Crippen LogP contribution in [0.3, 0.4) is 0 Å². The van der Waals surface area contributed by atoms with Gasteiger partial charge in [-0.2, -0.15) is 0 Å². The van der Waals surface area contributed by atoms with Crippen LogP contribution in [0.5, 0.6) is 0 Å². The summed E-state index contributed by atoms with van der Waals surface area (Å²) in [6.07, 6.45) is 3.84. The van der Waals surface area contributed by atoms with Crippen LogP contribution in [0.4, 0.5) is 10.5 Å². The number of benzene rings is 3. The van der Waals surface area contributed by atoms with Gasteiger partial charge in [-0.1, -0.05) is 93.3 Å². The number of ketones is 1. The van der Waals surface area contributed by atoms with Crippen LogP contribution in [0, 0.1) is 5.92 Å². The third kappa shape index (κ3) is 12.2. The molecular weight excluding hydrogens is 801 g/mol. The molecule has 3 aromatic carbocycles. The molecule has 0 bridgehead atoms. The van der Waals surface area contributed by atoms with Crippen LogP contribution < -0.4 is 37.6 Å². The van der Waals surface area contributed by atoms with Gasteiger partial charge in [-0.15, -0.1) is 0 Å². The quantitative estimate of drug-likeness (QED) is 0.0864. The Morgan fingerprint density at radius 2 is 1.42 bits per heavy atom. The number of likely N-dealkylation sites (tertiary alicyclic amines) is 1. The zero-order valence-electron chi connectivity index (χ0n) is 34.3. The summed E-state index contributed by atoms with van der Waals surface area (Å²) in [4.78, 5) is 121. The highest BCUT2D eigenvalue weighted by Crippen LogP contribution is 2.30. The molecule has 0 radical (unpaired) electrons. The zero-order valence-corrected chi connectivity index (χ0v) is 34.3. The first kappa shape index (κ1) is 46.0. The molecule has 8 amide bonds. The highest BCUT2D eigenvalue weighted by Gasteiger charge is 2.45. The van der Waals surface area contributed by atoms with Crippen LogP contribution in [-0.4, -0.2) is 100 Å². The molecule has 2 fully saturated rings. The number of rotatable bonds is 18. The first-order chi connectivity index (χ1) is 29.8. The van der Waals surface area contributed by atoms with E-state index in [1.807, 2.05) is 0 Å². The Bertz CT molecular complexity index is 2130. The summed E-state index contributed by atoms with van der Waals surface area (Å²) >= 11 is 0. The number of hydrogen-bond acceptors (Lipinski definition) is 9. The molecule has 9 N–H and O–H groups in total. The molecule has 2 aliphatic rings. The number of carbonyl (C=O) groups is 9. The lowest BCUT2D eigenvalue weighted by molar-refractivity contribution is -0.143. The van der Waals surface area contributed by atoms with Crippen molar-refractivity contribution in [2.75, 3.05) is 18.4 Å². The van der Waals surface area contributed by atoms with Gasteiger partial charge >= 0.3 is 12.0 Å². The van der Waals surface area contributed by atoms with E-state index in [0.29, 0.717) is 30.5 Å². The Balaban J connectivity index is 1.34. The van der Waals surface area contributed by atoms with Gasteiger partial charge in [0.2, 0.25) is 29.4 Å². The first-order valence-corrected chi connectivity index (χ1v) is 20.6. The topological polar surface area (TPSA) is 275 Å². The zero-order chi connectivity index (χ0) is 44.8. The number of Topliss-reactive ketones (excluding diaryl/α,β-unsaturated/α-hetero) is 1. The number of para-hydroxylation sites is 1. The summed E-state index contributed by atoms with van der Waals surface area (Å²) in [5.41, 5.74) is 5.97. The van der Waals surface area contributed by atoms with Gasteiger partial charge in [0.15, 0.2) is 0 Å². The molecule has 1 unspecified atom stereocenters. The minimum absolute atomic E-state index is 0.00746. The number of aromatic carboxylic acids is 1. The molecule has 1 aliphatic carbocycles. The number of nitrogens with one attached hydrogen (secondary N) is 6. The average molecular weight is 853 g/mol. The van der Waals surface area contributed by atoms with Crippen molar-refractivity contribution >= 4 is 58.9 Å². The number of primary amides is 1. The molecule has 0 aromatic heterocycles. The maximum atomic E-state index is 14.8. The number of anilines is 1. The third-order valence-corrected chi connectivity index (χ3v) is 10.9. The Kier molecular flexibility index (Phi) is 16.3. The number of hydrogen-bond donors (Lipinski definition) is 8. The standard InChI is InChI=1S/C44H52N8O10/c1-2-14-32(37(54)41(58)46-24-34(53)50-35(38(45)55)26-15-6-3-7-16-26)49-40(57)33-23-29(48-44(62)47-28-19-10-5-11-20-28)25-52(33)42(59)36(27-17-8-4-9-18-27)51-39(56)30-21-12-13-22-31(30)43(60)61/h3,5-7,10-13,15-16,19-22,27,29,32-33,35-36H,2,4,8-9,14,17-18,23-25H2,1H3,(H2,45,55)(H,46,58)(H,49,57)(H,50,53)(H,51,56)(H,60,61)(H2,47,48,62)/t29-,32?,33+,35+,36+/m1/s1. The molecule has 5 atom stereocenters. The molecular formula is C44H52N8O10. The number of carbonyl (C=O) groups excluding carboxylic acids is 8. The van der Waals surface area contributed by atoms with Crippen molar-refractivity contribution in [3.8, 4) is 0 Å². The fourth-order valence-corrected chi connectivity index (χ4v) is 7.83. The van der Waals surface area contributed by atoms with Crippen LogP contribution in [-0.2, 0) is 28.8 Å². The SMILES string of the molecule is CCCC(NC(=O)[C@@H]1C[C@@H](NC(=O)Nc2ccccc2)CN1C(=O)[C@@H](NC(=O)c1ccccc1C(=O)O)C1CCCCC1)C(=O)C(=O)NCC(=O)N[C@H](C(N)=O)c1ccccc1. The lowest BCUT2D eigenvalue weighted by Crippen LogP contribution is -2.58. The van der Waals surface area contributed by atoms with Gasteiger partial charge in [0.05, 0.1) is 29.8 Å². The molecule has 5 rings (SSSR count). The van der Waals surface area contributed by atoms with Gasteiger partial charge < -0.3 is 47.6 Å². The van der Waals surface area contributed by atoms with Crippen molar-refractivity contribution in [1.29, 1.82) is 0 Å². The van der Waals surface area contributed by atoms with Gasteiger partial charge in [0, 0.05) is 12.2 Å². The Morgan fingerprint density at radius 3 is 2.05 bits per heavy atom. The highest BCUT2D eigenvalue weighted by atomic mass is 16.4. The normalized spacial score (nSPS) is 17.6. The van der Waals surface area contributed by atoms with E-state index < -0.39 is 90.0 Å². The number of urea groups is 1. The third-order valence-electron chi connectivity index (χ3n) is 10.9. The van der Waals surface area contributed by atoms with Crippen LogP contribution in [0.25, 0.3) is 0 Å². The van der Waals surface area contributed by atoms with Crippen LogP contribution in [0.1, 0.15) is 90.6 Å². The molecule has 1 saturated carbocycles. The number of carboxylic acids is 1. The lowest BCUT2D eigenvalue weighted by atomic mass is 9.83. The van der Waals surface area contributed by atoms with Crippen molar-refractivity contribution in [2.45, 2.75) is 88.5 Å². The van der Waals surface area contributed by atoms with Gasteiger partial charge in [0.25, 0.3) is 11.8 Å². The van der Waals surface area contributed by atoms with Crippen molar-refractivity contribution in [1.82, 2.24) is 31.5 Å². The number of nitrogens with two attached hydrogens (primary N) is 1. The predicted octanol–water partition coefficient (Wildman–Crippen LogP) is 2.17. The summed E-state index contributed by atoms with van der Waals surface area (Å²) < 4.78 is 0. The molecule has 1 saturated heterocycles. The van der Waals surface area contributed by atoms with E-state index in [1.54, 1.807) is 67.6 Å². The fraction of sp³-hybridized carbons (Fsp3) is 0.386. The second kappa shape index (κ2) is 21.9. The lowest BCUT2D eigenvalue weighted by Gasteiger charge is -2.35. The van der Waals surface area contributed by atoms with E-state index in [2.05, 4.69) is 31.9 Å². The number of nitrogens with zero attached hydrogens (tertiary/aromatic N) is 1. The number of amides is 8. The Hall–Kier alpha value is -7.11. The monoisotopic (exact) mass is 852 g/mol. The summed E-state index contributed by atoms with van der Waals surface area (Å²) in [5, 5.41) is 25.3. The highest BCUT2D eigenvalue weighted by molar-refractivity contribution is 6.38. The largest absolute Gasteiger partial charge is 0.478 e. The van der Waals surface area contributed by atoms with Crippen LogP contribution in [0.2, 0.25) is 0 Å². The molecule has 328 valence electrons. The van der Waals surface area contributed by atoms with Crippen molar-refractivity contribution in [3.63, 3.8) is 0 Å². The average Bonchev–Trinajstić information content (AvgIpc) is 3.70. The Labute approximate surface area is 358 Å². The van der Waals surface area contributed by atoms with E-state index in [-0.39, 0.29) is 36.4 Å². The van der Waals surface area contributed by atoms with Crippen LogP contribution >= 0.6 is 0 Å². The molecule has 18 heteroatoms. The minimum atomic E-state index is -1.38. The van der Waals surface area contributed by atoms with E-state index in [4.69, 9.17) is 5.73 Å². The van der Waals surface area contributed by atoms with Gasteiger partial charge in [0.1, 0.15) is 18.1 Å². The van der Waals surface area contributed by atoms with Crippen molar-refractivity contribution in [2.24, 2.45) is 11.7 Å². The second-order valence-electron chi connectivity index (χ2n) is 15.3. The fourth-order valence-electron chi connectivity index (χ4n) is 7.83. The van der Waals surface area contributed by atoms with Gasteiger partial charge in [-0.25, -0.2) is 9.59 Å². The maximum absolute atomic E-state index is 14.8. The summed E-state index contributed by atoms with van der Waals surface area (Å²) in [5.74, 6) is -7.84. The first-order valence-electron chi connectivity index (χ1n) is 20.6. The maximum Gasteiger partial charge on any atom is 0.336 e. The predicted molar refractivity (Wildman–Crippen MR) is 225 cm³/mol. The van der Waals surface area contributed by atoms with E-state index in [1.165, 1.54) is 29.2 Å². The minimum Gasteiger partial charge on any atom is -0.478 e. The molecule has 0 spiro atoms. The Morgan fingerprint density at radius 1 is 0.790 bits per heavy atom. The van der Waals surface area contributed by atoms with Gasteiger partial charge in [-0.3, -0.25) is 33.6 Å². The molecule has 18 nitrogen and oxygen atoms in total. The van der Waals surface area contributed by atoms with Crippen LogP contribution in [0.15, 0.2) is 84.9 Å². The molecule has 1 heterocycles. The summed E-state index contributed by atoms with van der Waals surface area (Å²) in [6, 6.07) is 15.9. The van der Waals surface area contributed by atoms with Crippen molar-refractivity contribution in [3.05, 3.63) is 102 Å². The van der Waals surface area contributed by atoms with Crippen molar-refractivity contribution < 1.29 is 48.3 Å². The van der Waals surface area contributed by atoms with E-state index >= 15 is 0 Å². The van der Waals surface area contributed by atoms with E-state index in [9.17, 15) is 48.3 Å². The smallest absolute Gasteiger partial charge is 0.336 e. The molecule has 62 heavy (non-hydrogen) atoms. The summed E-state index contributed by atoms with van der Waals surface area (Å²) in [7, 11) is 0. The number of carboxylic acid groups (broad SMARTS) is 1.